The Morgan fingerprint density at radius 1 is 1.42 bits per heavy atom. The number of hydrogen-bond acceptors (Lipinski definition) is 4. The minimum Gasteiger partial charge on any atom is -0.493 e. The van der Waals surface area contributed by atoms with Gasteiger partial charge in [-0.2, -0.15) is 0 Å². The van der Waals surface area contributed by atoms with Crippen LogP contribution in [0.3, 0.4) is 0 Å². The summed E-state index contributed by atoms with van der Waals surface area (Å²) in [4.78, 5) is 13.1. The molecule has 2 heterocycles. The van der Waals surface area contributed by atoms with Gasteiger partial charge in [0.05, 0.1) is 13.2 Å². The van der Waals surface area contributed by atoms with Gasteiger partial charge >= 0.3 is 5.97 Å². The van der Waals surface area contributed by atoms with Crippen LogP contribution >= 0.6 is 0 Å². The number of aliphatic carboxylic acids is 1. The van der Waals surface area contributed by atoms with Crippen LogP contribution in [0.4, 0.5) is 0 Å². The standard InChI is InChI=1S/C14H17NO4/c16-14(17)13-9-15(4-6-19-13)8-10-1-2-12-11(7-10)3-5-18-12/h1-2,7,13H,3-6,8-9H2,(H,16,17). The van der Waals surface area contributed by atoms with E-state index < -0.39 is 12.1 Å². The predicted octanol–water partition coefficient (Wildman–Crippen LogP) is 0.907. The quantitative estimate of drug-likeness (QED) is 0.878. The topological polar surface area (TPSA) is 59.0 Å². The first-order valence-electron chi connectivity index (χ1n) is 6.54. The Labute approximate surface area is 111 Å². The first-order valence-corrected chi connectivity index (χ1v) is 6.54. The van der Waals surface area contributed by atoms with Crippen LogP contribution in [-0.2, 0) is 22.5 Å². The van der Waals surface area contributed by atoms with Crippen molar-refractivity contribution in [1.29, 1.82) is 0 Å². The molecule has 1 saturated heterocycles. The van der Waals surface area contributed by atoms with Crippen molar-refractivity contribution in [2.75, 3.05) is 26.3 Å². The van der Waals surface area contributed by atoms with E-state index in [-0.39, 0.29) is 0 Å². The highest BCUT2D eigenvalue weighted by atomic mass is 16.5. The number of rotatable bonds is 3. The summed E-state index contributed by atoms with van der Waals surface area (Å²) < 4.78 is 10.7. The molecule has 1 fully saturated rings. The molecule has 0 saturated carbocycles. The van der Waals surface area contributed by atoms with Gasteiger partial charge in [0.2, 0.25) is 0 Å². The number of ether oxygens (including phenoxy) is 2. The van der Waals surface area contributed by atoms with E-state index in [4.69, 9.17) is 14.6 Å². The zero-order valence-electron chi connectivity index (χ0n) is 10.7. The van der Waals surface area contributed by atoms with E-state index >= 15 is 0 Å². The van der Waals surface area contributed by atoms with Gasteiger partial charge in [0.25, 0.3) is 0 Å². The van der Waals surface area contributed by atoms with Crippen molar-refractivity contribution in [3.63, 3.8) is 0 Å². The molecule has 0 radical (unpaired) electrons. The molecule has 3 rings (SSSR count). The molecule has 2 aliphatic rings. The molecule has 5 heteroatoms. The maximum absolute atomic E-state index is 10.9. The van der Waals surface area contributed by atoms with E-state index in [9.17, 15) is 4.79 Å². The van der Waals surface area contributed by atoms with Crippen molar-refractivity contribution >= 4 is 5.97 Å². The summed E-state index contributed by atoms with van der Waals surface area (Å²) in [6.45, 7) is 3.23. The van der Waals surface area contributed by atoms with Crippen molar-refractivity contribution in [1.82, 2.24) is 4.90 Å². The minimum atomic E-state index is -0.882. The number of hydrogen-bond donors (Lipinski definition) is 1. The molecule has 0 aromatic heterocycles. The second kappa shape index (κ2) is 5.19. The first-order chi connectivity index (χ1) is 9.22. The van der Waals surface area contributed by atoms with Gasteiger partial charge < -0.3 is 14.6 Å². The van der Waals surface area contributed by atoms with E-state index in [1.165, 1.54) is 11.1 Å². The third-order valence-electron chi connectivity index (χ3n) is 3.59. The van der Waals surface area contributed by atoms with Gasteiger partial charge in [-0.25, -0.2) is 4.79 Å². The molecule has 0 spiro atoms. The molecule has 1 atom stereocenters. The number of fused-ring (bicyclic) bond motifs is 1. The second-order valence-electron chi connectivity index (χ2n) is 4.97. The highest BCUT2D eigenvalue weighted by molar-refractivity contribution is 5.72. The van der Waals surface area contributed by atoms with Gasteiger partial charge in [-0.1, -0.05) is 12.1 Å². The van der Waals surface area contributed by atoms with Crippen molar-refractivity contribution in [2.45, 2.75) is 19.1 Å². The van der Waals surface area contributed by atoms with Crippen molar-refractivity contribution in [2.24, 2.45) is 0 Å². The highest BCUT2D eigenvalue weighted by Gasteiger charge is 2.26. The summed E-state index contributed by atoms with van der Waals surface area (Å²) in [6, 6.07) is 6.22. The van der Waals surface area contributed by atoms with Crippen molar-refractivity contribution in [3.8, 4) is 5.75 Å². The number of nitrogens with zero attached hydrogens (tertiary/aromatic N) is 1. The molecule has 19 heavy (non-hydrogen) atoms. The fourth-order valence-electron chi connectivity index (χ4n) is 2.59. The van der Waals surface area contributed by atoms with Crippen LogP contribution in [0.1, 0.15) is 11.1 Å². The number of carbonyl (C=O) groups is 1. The van der Waals surface area contributed by atoms with E-state index in [2.05, 4.69) is 17.0 Å². The minimum absolute atomic E-state index is 0.447. The molecule has 1 unspecified atom stereocenters. The lowest BCUT2D eigenvalue weighted by atomic mass is 10.1. The average Bonchev–Trinajstić information content (AvgIpc) is 2.86. The molecule has 102 valence electrons. The molecule has 0 amide bonds. The fraction of sp³-hybridized carbons (Fsp3) is 0.500. The number of morpholine rings is 1. The van der Waals surface area contributed by atoms with E-state index in [1.807, 2.05) is 6.07 Å². The van der Waals surface area contributed by atoms with Gasteiger partial charge in [-0.05, 0) is 17.2 Å². The Bertz CT molecular complexity index is 488. The van der Waals surface area contributed by atoms with Gasteiger partial charge in [-0.15, -0.1) is 0 Å². The summed E-state index contributed by atoms with van der Waals surface area (Å²) in [6.07, 6.45) is 0.260. The lowest BCUT2D eigenvalue weighted by molar-refractivity contribution is -0.156. The molecule has 2 aliphatic heterocycles. The zero-order chi connectivity index (χ0) is 13.2. The molecule has 1 N–H and O–H groups in total. The monoisotopic (exact) mass is 263 g/mol. The number of carboxylic acids is 1. The number of carboxylic acid groups (broad SMARTS) is 1. The molecule has 0 bridgehead atoms. The summed E-state index contributed by atoms with van der Waals surface area (Å²) >= 11 is 0. The average molecular weight is 263 g/mol. The van der Waals surface area contributed by atoms with Gasteiger partial charge in [0.1, 0.15) is 5.75 Å². The Kier molecular flexibility index (Phi) is 3.40. The lowest BCUT2D eigenvalue weighted by Gasteiger charge is -2.30. The highest BCUT2D eigenvalue weighted by Crippen LogP contribution is 2.26. The summed E-state index contributed by atoms with van der Waals surface area (Å²) in [5.74, 6) is 0.0983. The Hall–Kier alpha value is -1.59. The molecular weight excluding hydrogens is 246 g/mol. The summed E-state index contributed by atoms with van der Waals surface area (Å²) in [7, 11) is 0. The van der Waals surface area contributed by atoms with Crippen LogP contribution in [0.25, 0.3) is 0 Å². The van der Waals surface area contributed by atoms with Crippen LogP contribution < -0.4 is 4.74 Å². The van der Waals surface area contributed by atoms with E-state index in [0.717, 1.165) is 31.9 Å². The van der Waals surface area contributed by atoms with Crippen LogP contribution in [0, 0.1) is 0 Å². The molecule has 0 aliphatic carbocycles. The largest absolute Gasteiger partial charge is 0.493 e. The van der Waals surface area contributed by atoms with Crippen molar-refractivity contribution in [3.05, 3.63) is 29.3 Å². The lowest BCUT2D eigenvalue weighted by Crippen LogP contribution is -2.45. The maximum Gasteiger partial charge on any atom is 0.334 e. The SMILES string of the molecule is O=C(O)C1CN(Cc2ccc3c(c2)CCO3)CCO1. The smallest absolute Gasteiger partial charge is 0.334 e. The molecule has 1 aromatic carbocycles. The third kappa shape index (κ3) is 2.72. The Morgan fingerprint density at radius 2 is 2.32 bits per heavy atom. The molecule has 5 nitrogen and oxygen atoms in total. The summed E-state index contributed by atoms with van der Waals surface area (Å²) in [5, 5.41) is 8.98. The second-order valence-corrected chi connectivity index (χ2v) is 4.97. The van der Waals surface area contributed by atoms with Gasteiger partial charge in [-0.3, -0.25) is 4.90 Å². The predicted molar refractivity (Wildman–Crippen MR) is 68.3 cm³/mol. The van der Waals surface area contributed by atoms with E-state index in [1.54, 1.807) is 0 Å². The van der Waals surface area contributed by atoms with E-state index in [0.29, 0.717) is 13.2 Å². The summed E-state index contributed by atoms with van der Waals surface area (Å²) in [5.41, 5.74) is 2.45. The van der Waals surface area contributed by atoms with Gasteiger partial charge in [0, 0.05) is 26.1 Å². The molecule has 1 aromatic rings. The Morgan fingerprint density at radius 3 is 3.16 bits per heavy atom. The molecular formula is C14H17NO4. The van der Waals surface area contributed by atoms with Crippen LogP contribution in [0.5, 0.6) is 5.75 Å². The van der Waals surface area contributed by atoms with Crippen LogP contribution in [-0.4, -0.2) is 48.4 Å². The normalized spacial score (nSPS) is 22.8. The number of benzene rings is 1. The van der Waals surface area contributed by atoms with Crippen LogP contribution in [0.2, 0.25) is 0 Å². The third-order valence-corrected chi connectivity index (χ3v) is 3.59. The van der Waals surface area contributed by atoms with Crippen LogP contribution in [0.15, 0.2) is 18.2 Å². The fourth-order valence-corrected chi connectivity index (χ4v) is 2.59. The van der Waals surface area contributed by atoms with Crippen molar-refractivity contribution < 1.29 is 19.4 Å². The first kappa shape index (κ1) is 12.4. The zero-order valence-corrected chi connectivity index (χ0v) is 10.7. The van der Waals surface area contributed by atoms with Gasteiger partial charge in [0.15, 0.2) is 6.10 Å². The maximum atomic E-state index is 10.9. The Balaban J connectivity index is 1.66.